The molecule has 0 radical (unpaired) electrons. The van der Waals surface area contributed by atoms with Crippen molar-refractivity contribution in [1.82, 2.24) is 0 Å². The zero-order chi connectivity index (χ0) is 13.1. The molecule has 2 atom stereocenters. The Morgan fingerprint density at radius 1 is 1.29 bits per heavy atom. The molecule has 1 heterocycles. The zero-order valence-corrected chi connectivity index (χ0v) is 11.2. The normalized spacial score (nSPS) is 29.2. The second kappa shape index (κ2) is 6.11. The molecule has 0 aromatic carbocycles. The molecule has 1 fully saturated rings. The van der Waals surface area contributed by atoms with Gasteiger partial charge in [-0.15, -0.1) is 0 Å². The summed E-state index contributed by atoms with van der Waals surface area (Å²) in [4.78, 5) is 0. The topological polar surface area (TPSA) is 86.8 Å². The molecular weight excluding hydrogens is 246 g/mol. The van der Waals surface area contributed by atoms with Crippen LogP contribution in [0, 0.1) is 22.1 Å². The first kappa shape index (κ1) is 14.9. The molecule has 2 bridgehead atoms. The Balaban J connectivity index is 0.000000249. The van der Waals surface area contributed by atoms with Gasteiger partial charge in [0.05, 0.1) is 0 Å². The minimum absolute atomic E-state index is 0.716. The third-order valence-corrected chi connectivity index (χ3v) is 3.36. The fraction of sp³-hybridized carbons (Fsp3) is 0.909. The van der Waals surface area contributed by atoms with E-state index in [4.69, 9.17) is 18.6 Å². The predicted octanol–water partition coefficient (Wildman–Crippen LogP) is -0.562. The van der Waals surface area contributed by atoms with E-state index in [1.54, 1.807) is 0 Å². The Labute approximate surface area is 104 Å². The van der Waals surface area contributed by atoms with E-state index < -0.39 is 10.2 Å². The van der Waals surface area contributed by atoms with Crippen molar-refractivity contribution in [3.63, 3.8) is 0 Å². The van der Waals surface area contributed by atoms with Crippen LogP contribution in [-0.4, -0.2) is 37.4 Å². The van der Waals surface area contributed by atoms with Crippen molar-refractivity contribution in [1.29, 1.82) is 0 Å². The van der Waals surface area contributed by atoms with Crippen LogP contribution in [0.5, 0.6) is 0 Å². The molecule has 0 aromatic rings. The summed E-state index contributed by atoms with van der Waals surface area (Å²) in [7, 11) is -4.19. The van der Waals surface area contributed by atoms with E-state index in [0.29, 0.717) is 6.04 Å². The summed E-state index contributed by atoms with van der Waals surface area (Å²) in [6, 6.07) is 0.716. The fourth-order valence-electron chi connectivity index (χ4n) is 2.65. The van der Waals surface area contributed by atoms with Gasteiger partial charge in [-0.3, -0.25) is 0 Å². The third-order valence-electron chi connectivity index (χ3n) is 3.36. The van der Waals surface area contributed by atoms with Crippen LogP contribution in [-0.2, 0) is 0 Å². The molecule has 2 unspecified atom stereocenters. The van der Waals surface area contributed by atoms with E-state index in [1.165, 1.54) is 32.2 Å². The molecule has 17 heavy (non-hydrogen) atoms. The number of hydrogen-bond acceptors (Lipinski definition) is 4. The van der Waals surface area contributed by atoms with Crippen LogP contribution >= 0.6 is 0 Å². The second-order valence-corrected chi connectivity index (χ2v) is 6.03. The summed E-state index contributed by atoms with van der Waals surface area (Å²) < 4.78 is 32.8. The Morgan fingerprint density at radius 3 is 2.35 bits per heavy atom. The zero-order valence-electron chi connectivity index (χ0n) is 10.4. The van der Waals surface area contributed by atoms with Crippen LogP contribution in [0.3, 0.4) is 0 Å². The molecule has 1 aliphatic heterocycles. The van der Waals surface area contributed by atoms with Gasteiger partial charge in [0.15, 0.2) is 0 Å². The monoisotopic (exact) mass is 268 g/mol. The Hall–Kier alpha value is -0.200. The molecule has 6 heteroatoms. The molecule has 0 aromatic heterocycles. The molecule has 1 aliphatic carbocycles. The van der Waals surface area contributed by atoms with Crippen LogP contribution in [0.4, 0.5) is 0 Å². The van der Waals surface area contributed by atoms with Crippen LogP contribution in [0.1, 0.15) is 39.5 Å². The van der Waals surface area contributed by atoms with Crippen LogP contribution in [0.25, 0.3) is 0 Å². The number of nitrogens with zero attached hydrogens (tertiary/aromatic N) is 1. The van der Waals surface area contributed by atoms with E-state index in [-0.39, 0.29) is 0 Å². The van der Waals surface area contributed by atoms with Crippen molar-refractivity contribution >= 4 is 6.21 Å². The van der Waals surface area contributed by atoms with Crippen LogP contribution in [0.2, 0.25) is 0 Å². The van der Waals surface area contributed by atoms with E-state index in [1.807, 2.05) is 0 Å². The summed E-state index contributed by atoms with van der Waals surface area (Å²) in [6.07, 6.45) is 8.37. The van der Waals surface area contributed by atoms with Crippen molar-refractivity contribution < 1.29 is 33.5 Å². The Kier molecular flexibility index (Phi) is 5.34. The molecule has 0 spiro atoms. The third kappa shape index (κ3) is 6.33. The number of fused-ring (bicyclic) bond motifs is 2. The van der Waals surface area contributed by atoms with E-state index in [9.17, 15) is 0 Å². The Bertz CT molecular complexity index is 269. The summed E-state index contributed by atoms with van der Waals surface area (Å²) in [5.41, 5.74) is 0. The molecule has 0 amide bonds. The van der Waals surface area contributed by atoms with E-state index in [0.717, 1.165) is 11.8 Å². The van der Waals surface area contributed by atoms with E-state index >= 15 is 0 Å². The molecular formula is C11H23ClNO4+. The first-order valence-corrected chi connectivity index (χ1v) is 7.35. The van der Waals surface area contributed by atoms with Gasteiger partial charge in [0, 0.05) is 11.8 Å². The van der Waals surface area contributed by atoms with Gasteiger partial charge >= 0.3 is 28.9 Å². The maximum atomic E-state index is 8.83. The summed E-state index contributed by atoms with van der Waals surface area (Å²) in [5.74, 6) is 1.93. The standard InChI is InChI=1S/C11H20N.ClH3O4/c1-9(2)12-7-10-4-3-5-11(6-10)8-12;2-1(3,4)5/h7,9-11H,3-6,8H2,1-2H3;2-4H/q+1;. The van der Waals surface area contributed by atoms with Crippen molar-refractivity contribution in [3.8, 4) is 0 Å². The first-order valence-electron chi connectivity index (χ1n) is 6.02. The molecule has 0 saturated heterocycles. The number of hydrogen-bond donors (Lipinski definition) is 3. The molecule has 102 valence electrons. The van der Waals surface area contributed by atoms with E-state index in [2.05, 4.69) is 24.6 Å². The van der Waals surface area contributed by atoms with Crippen LogP contribution < -0.4 is 4.66 Å². The van der Waals surface area contributed by atoms with Gasteiger partial charge in [0.1, 0.15) is 18.8 Å². The second-order valence-electron chi connectivity index (χ2n) is 5.17. The molecule has 1 saturated carbocycles. The minimum atomic E-state index is -4.19. The maximum absolute atomic E-state index is 8.83. The number of halogens is 1. The molecule has 3 N–H and O–H groups in total. The van der Waals surface area contributed by atoms with Crippen molar-refractivity contribution in [3.05, 3.63) is 0 Å². The summed E-state index contributed by atoms with van der Waals surface area (Å²) in [5, 5.41) is 0. The van der Waals surface area contributed by atoms with Gasteiger partial charge in [-0.2, -0.15) is 0 Å². The SMILES string of the molecule is CC(C)[N+]1=CC2CCCC(C2)C1.[O-][Cl+](O)(O)O. The van der Waals surface area contributed by atoms with Gasteiger partial charge in [-0.1, -0.05) is 6.42 Å². The average Bonchev–Trinajstić information content (AvgIpc) is 2.14. The first-order chi connectivity index (χ1) is 7.75. The fourth-order valence-corrected chi connectivity index (χ4v) is 2.65. The molecule has 2 aliphatic rings. The molecule has 5 nitrogen and oxygen atoms in total. The van der Waals surface area contributed by atoms with Crippen molar-refractivity contribution in [2.45, 2.75) is 45.6 Å². The van der Waals surface area contributed by atoms with Crippen molar-refractivity contribution in [2.75, 3.05) is 6.54 Å². The van der Waals surface area contributed by atoms with Gasteiger partial charge in [0.25, 0.3) is 0 Å². The van der Waals surface area contributed by atoms with Crippen LogP contribution in [0.15, 0.2) is 0 Å². The summed E-state index contributed by atoms with van der Waals surface area (Å²) in [6.45, 7) is 5.93. The number of rotatable bonds is 1. The quantitative estimate of drug-likeness (QED) is 0.557. The van der Waals surface area contributed by atoms with Gasteiger partial charge in [-0.05, 0) is 33.1 Å². The van der Waals surface area contributed by atoms with Gasteiger partial charge in [0.2, 0.25) is 0 Å². The predicted molar refractivity (Wildman–Crippen MR) is 58.4 cm³/mol. The average molecular weight is 269 g/mol. The van der Waals surface area contributed by atoms with Gasteiger partial charge in [-0.25, -0.2) is 4.58 Å². The van der Waals surface area contributed by atoms with Crippen molar-refractivity contribution in [2.24, 2.45) is 11.8 Å². The van der Waals surface area contributed by atoms with Gasteiger partial charge < -0.3 is 0 Å². The summed E-state index contributed by atoms with van der Waals surface area (Å²) >= 11 is 0. The molecule has 2 rings (SSSR count). The Morgan fingerprint density at radius 2 is 1.88 bits per heavy atom.